The zero-order chi connectivity index (χ0) is 22.1. The van der Waals surface area contributed by atoms with Gasteiger partial charge in [0.25, 0.3) is 5.91 Å². The number of amides is 1. The summed E-state index contributed by atoms with van der Waals surface area (Å²) in [6.07, 6.45) is 1.92. The van der Waals surface area contributed by atoms with Crippen LogP contribution in [0.15, 0.2) is 36.4 Å². The van der Waals surface area contributed by atoms with Gasteiger partial charge in [-0.3, -0.25) is 4.79 Å². The third kappa shape index (κ3) is 6.34. The first-order valence-electron chi connectivity index (χ1n) is 10.2. The lowest BCUT2D eigenvalue weighted by molar-refractivity contribution is 0.0650. The van der Waals surface area contributed by atoms with Crippen LogP contribution in [0, 0.1) is 5.82 Å². The molecule has 0 saturated heterocycles. The fourth-order valence-electron chi connectivity index (χ4n) is 3.22. The summed E-state index contributed by atoms with van der Waals surface area (Å²) in [4.78, 5) is 15.0. The molecule has 0 aromatic heterocycles. The maximum atomic E-state index is 13.4. The van der Waals surface area contributed by atoms with E-state index < -0.39 is 5.82 Å². The Labute approximate surface area is 183 Å². The summed E-state index contributed by atoms with van der Waals surface area (Å²) >= 11 is 5.81. The van der Waals surface area contributed by atoms with Gasteiger partial charge in [0.15, 0.2) is 0 Å². The number of ether oxygens (including phenoxy) is 2. The molecule has 0 radical (unpaired) electrons. The van der Waals surface area contributed by atoms with Crippen molar-refractivity contribution in [1.29, 1.82) is 0 Å². The van der Waals surface area contributed by atoms with E-state index in [9.17, 15) is 9.18 Å². The van der Waals surface area contributed by atoms with Gasteiger partial charge < -0.3 is 19.7 Å². The van der Waals surface area contributed by atoms with Crippen molar-refractivity contribution >= 4 is 28.9 Å². The number of rotatable bonds is 11. The summed E-state index contributed by atoms with van der Waals surface area (Å²) in [5, 5.41) is 2.72. The van der Waals surface area contributed by atoms with E-state index in [4.69, 9.17) is 21.1 Å². The number of hydrogen-bond donors (Lipinski definition) is 1. The van der Waals surface area contributed by atoms with Crippen molar-refractivity contribution in [2.45, 2.75) is 39.7 Å². The maximum absolute atomic E-state index is 13.4. The highest BCUT2D eigenvalue weighted by atomic mass is 35.5. The van der Waals surface area contributed by atoms with Crippen molar-refractivity contribution in [2.75, 3.05) is 37.0 Å². The predicted octanol–water partition coefficient (Wildman–Crippen LogP) is 5.77. The van der Waals surface area contributed by atoms with E-state index in [2.05, 4.69) is 24.1 Å². The Morgan fingerprint density at radius 1 is 1.20 bits per heavy atom. The van der Waals surface area contributed by atoms with Gasteiger partial charge in [-0.05, 0) is 56.2 Å². The van der Waals surface area contributed by atoms with E-state index in [1.807, 2.05) is 13.0 Å². The number of methoxy groups -OCH3 is 1. The third-order valence-corrected chi connectivity index (χ3v) is 5.02. The molecule has 0 saturated carbocycles. The molecule has 7 heteroatoms. The lowest BCUT2D eigenvalue weighted by Gasteiger charge is -2.30. The van der Waals surface area contributed by atoms with Crippen LogP contribution in [0.3, 0.4) is 0 Å². The second-order valence-electron chi connectivity index (χ2n) is 6.90. The summed E-state index contributed by atoms with van der Waals surface area (Å²) in [6.45, 7) is 8.35. The van der Waals surface area contributed by atoms with Gasteiger partial charge in [-0.1, -0.05) is 25.4 Å². The van der Waals surface area contributed by atoms with Crippen LogP contribution in [0.5, 0.6) is 5.75 Å². The number of nitrogens with one attached hydrogen (secondary N) is 1. The zero-order valence-corrected chi connectivity index (χ0v) is 18.8. The van der Waals surface area contributed by atoms with Gasteiger partial charge in [-0.2, -0.15) is 0 Å². The van der Waals surface area contributed by atoms with E-state index >= 15 is 0 Å². The summed E-state index contributed by atoms with van der Waals surface area (Å²) < 4.78 is 24.8. The Bertz CT molecular complexity index is 847. The van der Waals surface area contributed by atoms with E-state index in [-0.39, 0.29) is 17.0 Å². The molecule has 0 heterocycles. The number of nitrogens with zero attached hydrogens (tertiary/aromatic N) is 1. The minimum atomic E-state index is -0.531. The highest BCUT2D eigenvalue weighted by molar-refractivity contribution is 6.31. The number of benzene rings is 2. The SMILES string of the molecule is CCCN(CC(CC)OCC)c1cc(C(=O)Nc2ccc(F)c(Cl)c2)ccc1OC. The quantitative estimate of drug-likeness (QED) is 0.485. The number of hydrogen-bond acceptors (Lipinski definition) is 4. The average Bonchev–Trinajstić information content (AvgIpc) is 2.75. The molecule has 0 fully saturated rings. The fourth-order valence-corrected chi connectivity index (χ4v) is 3.40. The monoisotopic (exact) mass is 436 g/mol. The molecule has 30 heavy (non-hydrogen) atoms. The standard InChI is InChI=1S/C23H30ClFN2O3/c1-5-12-27(15-18(6-2)30-7-3)21-13-16(8-11-22(21)29-4)23(28)26-17-9-10-20(25)19(24)14-17/h8-11,13-14,18H,5-7,12,15H2,1-4H3,(H,26,28). The molecule has 0 spiro atoms. The van der Waals surface area contributed by atoms with Crippen LogP contribution in [0.2, 0.25) is 5.02 Å². The van der Waals surface area contributed by atoms with Gasteiger partial charge in [0.2, 0.25) is 0 Å². The zero-order valence-electron chi connectivity index (χ0n) is 18.0. The summed E-state index contributed by atoms with van der Waals surface area (Å²) in [5.41, 5.74) is 1.73. The molecule has 0 aliphatic heterocycles. The second-order valence-corrected chi connectivity index (χ2v) is 7.31. The van der Waals surface area contributed by atoms with Gasteiger partial charge in [-0.25, -0.2) is 4.39 Å². The molecule has 0 aliphatic rings. The molecule has 1 atom stereocenters. The topological polar surface area (TPSA) is 50.8 Å². The van der Waals surface area contributed by atoms with Gasteiger partial charge in [0.05, 0.1) is 23.9 Å². The Morgan fingerprint density at radius 2 is 1.97 bits per heavy atom. The molecule has 5 nitrogen and oxygen atoms in total. The summed E-state index contributed by atoms with van der Waals surface area (Å²) in [6, 6.07) is 9.38. The molecular weight excluding hydrogens is 407 g/mol. The molecule has 2 aromatic rings. The molecule has 2 aromatic carbocycles. The minimum Gasteiger partial charge on any atom is -0.495 e. The van der Waals surface area contributed by atoms with Crippen LogP contribution in [-0.2, 0) is 4.74 Å². The fraction of sp³-hybridized carbons (Fsp3) is 0.435. The second kappa shape index (κ2) is 11.8. The molecular formula is C23H30ClFN2O3. The first-order valence-corrected chi connectivity index (χ1v) is 10.6. The first kappa shape index (κ1) is 24.0. The van der Waals surface area contributed by atoms with Crippen LogP contribution in [-0.4, -0.2) is 38.8 Å². The average molecular weight is 437 g/mol. The van der Waals surface area contributed by atoms with E-state index in [1.54, 1.807) is 19.2 Å². The highest BCUT2D eigenvalue weighted by Gasteiger charge is 2.19. The van der Waals surface area contributed by atoms with Gasteiger partial charge >= 0.3 is 0 Å². The van der Waals surface area contributed by atoms with Crippen LogP contribution < -0.4 is 15.0 Å². The Kier molecular flexibility index (Phi) is 9.40. The molecule has 1 unspecified atom stereocenters. The highest BCUT2D eigenvalue weighted by Crippen LogP contribution is 2.31. The molecule has 0 bridgehead atoms. The molecule has 0 aliphatic carbocycles. The smallest absolute Gasteiger partial charge is 0.255 e. The van der Waals surface area contributed by atoms with Gasteiger partial charge in [-0.15, -0.1) is 0 Å². The predicted molar refractivity (Wildman–Crippen MR) is 121 cm³/mol. The maximum Gasteiger partial charge on any atom is 0.255 e. The molecule has 164 valence electrons. The van der Waals surface area contributed by atoms with Crippen molar-refractivity contribution in [3.63, 3.8) is 0 Å². The molecule has 1 amide bonds. The number of carbonyl (C=O) groups excluding carboxylic acids is 1. The van der Waals surface area contributed by atoms with E-state index in [0.29, 0.717) is 30.2 Å². The van der Waals surface area contributed by atoms with E-state index in [1.165, 1.54) is 18.2 Å². The van der Waals surface area contributed by atoms with Gasteiger partial charge in [0.1, 0.15) is 11.6 Å². The van der Waals surface area contributed by atoms with Crippen molar-refractivity contribution in [1.82, 2.24) is 0 Å². The van der Waals surface area contributed by atoms with Crippen LogP contribution in [0.4, 0.5) is 15.8 Å². The Balaban J connectivity index is 2.30. The van der Waals surface area contributed by atoms with E-state index in [0.717, 1.165) is 25.1 Å². The lowest BCUT2D eigenvalue weighted by atomic mass is 10.1. The van der Waals surface area contributed by atoms with Crippen molar-refractivity contribution in [3.05, 3.63) is 52.8 Å². The minimum absolute atomic E-state index is 0.0427. The van der Waals surface area contributed by atoms with Crippen LogP contribution >= 0.6 is 11.6 Å². The first-order chi connectivity index (χ1) is 14.4. The summed E-state index contributed by atoms with van der Waals surface area (Å²) in [5.74, 6) is -0.151. The van der Waals surface area contributed by atoms with Crippen LogP contribution in [0.1, 0.15) is 44.0 Å². The Hall–Kier alpha value is -2.31. The molecule has 1 N–H and O–H groups in total. The van der Waals surface area contributed by atoms with Crippen molar-refractivity contribution in [2.24, 2.45) is 0 Å². The van der Waals surface area contributed by atoms with Gasteiger partial charge in [0, 0.05) is 30.9 Å². The number of carbonyl (C=O) groups is 1. The number of halogens is 2. The van der Waals surface area contributed by atoms with Crippen molar-refractivity contribution in [3.8, 4) is 5.75 Å². The van der Waals surface area contributed by atoms with Crippen LogP contribution in [0.25, 0.3) is 0 Å². The molecule has 2 rings (SSSR count). The number of anilines is 2. The Morgan fingerprint density at radius 3 is 2.57 bits per heavy atom. The normalized spacial score (nSPS) is 11.8. The largest absolute Gasteiger partial charge is 0.495 e. The third-order valence-electron chi connectivity index (χ3n) is 4.73. The van der Waals surface area contributed by atoms with Crippen molar-refractivity contribution < 1.29 is 18.7 Å². The summed E-state index contributed by atoms with van der Waals surface area (Å²) in [7, 11) is 1.61. The lowest BCUT2D eigenvalue weighted by Crippen LogP contribution is -2.35.